The summed E-state index contributed by atoms with van der Waals surface area (Å²) in [6.45, 7) is 0. The molecule has 60 heavy (non-hydrogen) atoms. The Bertz CT molecular complexity index is 3580. The lowest BCUT2D eigenvalue weighted by molar-refractivity contribution is 1.16. The number of hydrogen-bond donors (Lipinski definition) is 0. The summed E-state index contributed by atoms with van der Waals surface area (Å²) in [5.41, 5.74) is 14.1. The maximum Gasteiger partial charge on any atom is 0.160 e. The van der Waals surface area contributed by atoms with Crippen molar-refractivity contribution >= 4 is 54.4 Å². The lowest BCUT2D eigenvalue weighted by atomic mass is 9.96. The van der Waals surface area contributed by atoms with Crippen molar-refractivity contribution in [2.75, 3.05) is 0 Å². The lowest BCUT2D eigenvalue weighted by Crippen LogP contribution is -1.98. The molecule has 9 aromatic carbocycles. The van der Waals surface area contributed by atoms with Crippen LogP contribution in [0.5, 0.6) is 0 Å². The molecule has 4 heteroatoms. The zero-order chi connectivity index (χ0) is 39.6. The molecule has 12 rings (SSSR count). The fraction of sp³-hybridized carbons (Fsp3) is 0. The van der Waals surface area contributed by atoms with Crippen LogP contribution in [0.25, 0.3) is 111 Å². The van der Waals surface area contributed by atoms with Crippen molar-refractivity contribution in [2.45, 2.75) is 0 Å². The quantitative estimate of drug-likeness (QED) is 0.169. The van der Waals surface area contributed by atoms with Crippen LogP contribution >= 0.6 is 0 Å². The SMILES string of the molecule is c1ccc(-c2cc(-c3ccccc3-c3ccccc3)nc(-c3ccc(-n4c5ccccc5c5c6c7ccccc7n(-c7ccc8ccccc8c7)c6ccc54)cc3)n2)cc1. The van der Waals surface area contributed by atoms with Gasteiger partial charge in [0.15, 0.2) is 5.82 Å². The van der Waals surface area contributed by atoms with Gasteiger partial charge >= 0.3 is 0 Å². The monoisotopic (exact) mass is 764 g/mol. The van der Waals surface area contributed by atoms with E-state index in [0.29, 0.717) is 5.82 Å². The molecule has 0 saturated heterocycles. The molecule has 4 nitrogen and oxygen atoms in total. The number of aromatic nitrogens is 4. The molecule has 0 saturated carbocycles. The fourth-order valence-electron chi connectivity index (χ4n) is 9.20. The van der Waals surface area contributed by atoms with E-state index in [9.17, 15) is 0 Å². The van der Waals surface area contributed by atoms with Gasteiger partial charge in [0, 0.05) is 49.6 Å². The molecule has 0 N–H and O–H groups in total. The first-order valence-corrected chi connectivity index (χ1v) is 20.4. The molecule has 3 aromatic heterocycles. The summed E-state index contributed by atoms with van der Waals surface area (Å²) in [5.74, 6) is 0.686. The number of nitrogens with zero attached hydrogens (tertiary/aromatic N) is 4. The van der Waals surface area contributed by atoms with Gasteiger partial charge in [0.2, 0.25) is 0 Å². The summed E-state index contributed by atoms with van der Waals surface area (Å²) in [6, 6.07) is 77.8. The predicted octanol–water partition coefficient (Wildman–Crippen LogP) is 14.5. The summed E-state index contributed by atoms with van der Waals surface area (Å²) in [7, 11) is 0. The highest BCUT2D eigenvalue weighted by Crippen LogP contribution is 2.43. The highest BCUT2D eigenvalue weighted by Gasteiger charge is 2.21. The second kappa shape index (κ2) is 13.8. The van der Waals surface area contributed by atoms with Crippen molar-refractivity contribution < 1.29 is 0 Å². The minimum atomic E-state index is 0.686. The van der Waals surface area contributed by atoms with Crippen molar-refractivity contribution in [3.8, 4) is 56.4 Å². The predicted molar refractivity (Wildman–Crippen MR) is 250 cm³/mol. The van der Waals surface area contributed by atoms with E-state index in [4.69, 9.17) is 9.97 Å². The first kappa shape index (κ1) is 34.0. The molecule has 0 bridgehead atoms. The minimum Gasteiger partial charge on any atom is -0.309 e. The number of para-hydroxylation sites is 2. The Morgan fingerprint density at radius 1 is 0.300 bits per heavy atom. The van der Waals surface area contributed by atoms with Crippen LogP contribution in [0, 0.1) is 0 Å². The van der Waals surface area contributed by atoms with E-state index in [1.54, 1.807) is 0 Å². The lowest BCUT2D eigenvalue weighted by Gasteiger charge is -2.13. The third kappa shape index (κ3) is 5.46. The van der Waals surface area contributed by atoms with Crippen LogP contribution in [0.2, 0.25) is 0 Å². The Morgan fingerprint density at radius 2 is 0.817 bits per heavy atom. The molecule has 0 aliphatic heterocycles. The van der Waals surface area contributed by atoms with Gasteiger partial charge in [-0.15, -0.1) is 0 Å². The average Bonchev–Trinajstić information content (AvgIpc) is 3.85. The maximum absolute atomic E-state index is 5.26. The molecular weight excluding hydrogens is 729 g/mol. The molecule has 0 atom stereocenters. The van der Waals surface area contributed by atoms with Crippen LogP contribution in [0.4, 0.5) is 0 Å². The van der Waals surface area contributed by atoms with Gasteiger partial charge in [-0.3, -0.25) is 0 Å². The van der Waals surface area contributed by atoms with Gasteiger partial charge < -0.3 is 9.13 Å². The van der Waals surface area contributed by atoms with Crippen LogP contribution in [0.3, 0.4) is 0 Å². The third-order valence-corrected chi connectivity index (χ3v) is 11.9. The van der Waals surface area contributed by atoms with Crippen LogP contribution in [-0.4, -0.2) is 19.1 Å². The van der Waals surface area contributed by atoms with Gasteiger partial charge in [-0.05, 0) is 88.6 Å². The summed E-state index contributed by atoms with van der Waals surface area (Å²) in [6.07, 6.45) is 0. The molecule has 0 spiro atoms. The normalized spacial score (nSPS) is 11.7. The summed E-state index contributed by atoms with van der Waals surface area (Å²) in [5, 5.41) is 7.45. The van der Waals surface area contributed by atoms with Gasteiger partial charge in [-0.1, -0.05) is 152 Å². The molecule has 0 fully saturated rings. The Balaban J connectivity index is 1.03. The van der Waals surface area contributed by atoms with E-state index in [1.165, 1.54) is 48.9 Å². The van der Waals surface area contributed by atoms with Crippen LogP contribution in [0.1, 0.15) is 0 Å². The zero-order valence-electron chi connectivity index (χ0n) is 32.6. The Labute approximate surface area is 346 Å². The van der Waals surface area contributed by atoms with E-state index in [2.05, 4.69) is 221 Å². The van der Waals surface area contributed by atoms with Crippen LogP contribution in [0.15, 0.2) is 218 Å². The van der Waals surface area contributed by atoms with E-state index in [-0.39, 0.29) is 0 Å². The molecule has 0 aliphatic carbocycles. The second-order valence-corrected chi connectivity index (χ2v) is 15.4. The van der Waals surface area contributed by atoms with Crippen LogP contribution < -0.4 is 0 Å². The molecule has 12 aromatic rings. The van der Waals surface area contributed by atoms with E-state index >= 15 is 0 Å². The van der Waals surface area contributed by atoms with Gasteiger partial charge in [0.1, 0.15) is 0 Å². The molecule has 0 amide bonds. The van der Waals surface area contributed by atoms with E-state index < -0.39 is 0 Å². The number of benzene rings is 9. The number of hydrogen-bond acceptors (Lipinski definition) is 2. The second-order valence-electron chi connectivity index (χ2n) is 15.4. The average molecular weight is 765 g/mol. The van der Waals surface area contributed by atoms with Crippen molar-refractivity contribution in [3.63, 3.8) is 0 Å². The van der Waals surface area contributed by atoms with E-state index in [0.717, 1.165) is 56.1 Å². The van der Waals surface area contributed by atoms with Gasteiger partial charge in [0.25, 0.3) is 0 Å². The Morgan fingerprint density at radius 3 is 1.50 bits per heavy atom. The van der Waals surface area contributed by atoms with Crippen molar-refractivity contribution in [1.29, 1.82) is 0 Å². The minimum absolute atomic E-state index is 0.686. The van der Waals surface area contributed by atoms with Gasteiger partial charge in [0.05, 0.1) is 33.5 Å². The maximum atomic E-state index is 5.26. The Kier molecular flexibility index (Phi) is 7.82. The summed E-state index contributed by atoms with van der Waals surface area (Å²) >= 11 is 0. The standard InChI is InChI=1S/C56H36N4/c1-3-16-38(17-4-1)44-21-9-10-22-45(44)49-36-48(39-18-5-2-6-19-39)57-56(58-49)40-28-30-42(31-29-40)59-50-25-13-11-23-46(50)54-52(59)33-34-53-55(54)47-24-12-14-26-51(47)60(53)43-32-27-37-15-7-8-20-41(37)35-43/h1-36H. The molecule has 0 aliphatic rings. The summed E-state index contributed by atoms with van der Waals surface area (Å²) < 4.78 is 4.83. The Hall–Kier alpha value is -8.08. The number of fused-ring (bicyclic) bond motifs is 8. The number of rotatable bonds is 6. The topological polar surface area (TPSA) is 35.6 Å². The van der Waals surface area contributed by atoms with Gasteiger partial charge in [-0.25, -0.2) is 9.97 Å². The van der Waals surface area contributed by atoms with Gasteiger partial charge in [-0.2, -0.15) is 0 Å². The molecule has 0 unspecified atom stereocenters. The zero-order valence-corrected chi connectivity index (χ0v) is 32.6. The van der Waals surface area contributed by atoms with Crippen LogP contribution in [-0.2, 0) is 0 Å². The first-order chi connectivity index (χ1) is 29.8. The molecule has 3 heterocycles. The van der Waals surface area contributed by atoms with Crippen molar-refractivity contribution in [3.05, 3.63) is 218 Å². The van der Waals surface area contributed by atoms with E-state index in [1.807, 2.05) is 6.07 Å². The smallest absolute Gasteiger partial charge is 0.160 e. The largest absolute Gasteiger partial charge is 0.309 e. The molecular formula is C56H36N4. The summed E-state index contributed by atoms with van der Waals surface area (Å²) in [4.78, 5) is 10.4. The third-order valence-electron chi connectivity index (χ3n) is 11.9. The molecule has 280 valence electrons. The highest BCUT2D eigenvalue weighted by atomic mass is 15.0. The van der Waals surface area contributed by atoms with Crippen molar-refractivity contribution in [1.82, 2.24) is 19.1 Å². The highest BCUT2D eigenvalue weighted by molar-refractivity contribution is 6.29. The molecule has 0 radical (unpaired) electrons. The first-order valence-electron chi connectivity index (χ1n) is 20.4. The van der Waals surface area contributed by atoms with Crippen molar-refractivity contribution in [2.24, 2.45) is 0 Å². The fourth-order valence-corrected chi connectivity index (χ4v) is 9.20.